The Morgan fingerprint density at radius 3 is 2.67 bits per heavy atom. The summed E-state index contributed by atoms with van der Waals surface area (Å²) in [5, 5.41) is 3.24. The Balaban J connectivity index is 1.56. The summed E-state index contributed by atoms with van der Waals surface area (Å²) in [6.07, 6.45) is 5.45. The fraction of sp³-hybridized carbons (Fsp3) is 0.421. The maximum Gasteiger partial charge on any atom is 0.222 e. The van der Waals surface area contributed by atoms with Gasteiger partial charge in [0, 0.05) is 31.4 Å². The molecule has 2 aromatic rings. The van der Waals surface area contributed by atoms with E-state index in [4.69, 9.17) is 4.98 Å². The highest BCUT2D eigenvalue weighted by Gasteiger charge is 2.22. The normalized spacial score (nSPS) is 15.3. The highest BCUT2D eigenvalue weighted by atomic mass is 16.2. The monoisotopic (exact) mass is 324 g/mol. The lowest BCUT2D eigenvalue weighted by Gasteiger charge is -2.31. The SMILES string of the molecule is CCC(=O)N1CCC(Cc2cccc(Nc3ccccn3)n2)CC1. The van der Waals surface area contributed by atoms with Crippen molar-refractivity contribution in [2.75, 3.05) is 18.4 Å². The Kier molecular flexibility index (Phi) is 5.41. The molecule has 24 heavy (non-hydrogen) atoms. The predicted molar refractivity (Wildman–Crippen MR) is 95.1 cm³/mol. The number of rotatable bonds is 5. The molecule has 3 heterocycles. The van der Waals surface area contributed by atoms with Crippen LogP contribution in [0.4, 0.5) is 11.6 Å². The molecular weight excluding hydrogens is 300 g/mol. The fourth-order valence-corrected chi connectivity index (χ4v) is 3.14. The first-order valence-corrected chi connectivity index (χ1v) is 8.66. The van der Waals surface area contributed by atoms with Crippen LogP contribution in [0.5, 0.6) is 0 Å². The van der Waals surface area contributed by atoms with E-state index < -0.39 is 0 Å². The Hall–Kier alpha value is -2.43. The van der Waals surface area contributed by atoms with Crippen LogP contribution in [0.2, 0.25) is 0 Å². The first-order valence-electron chi connectivity index (χ1n) is 8.66. The highest BCUT2D eigenvalue weighted by molar-refractivity contribution is 5.75. The van der Waals surface area contributed by atoms with E-state index in [9.17, 15) is 4.79 Å². The van der Waals surface area contributed by atoms with E-state index in [0.717, 1.165) is 49.7 Å². The molecule has 0 radical (unpaired) electrons. The van der Waals surface area contributed by atoms with Crippen LogP contribution in [0.25, 0.3) is 0 Å². The van der Waals surface area contributed by atoms with Gasteiger partial charge in [-0.2, -0.15) is 0 Å². The zero-order chi connectivity index (χ0) is 16.8. The third-order valence-corrected chi connectivity index (χ3v) is 4.50. The number of carbonyl (C=O) groups is 1. The van der Waals surface area contributed by atoms with Crippen LogP contribution in [-0.2, 0) is 11.2 Å². The van der Waals surface area contributed by atoms with E-state index in [1.54, 1.807) is 6.20 Å². The molecule has 1 N–H and O–H groups in total. The maximum absolute atomic E-state index is 11.7. The topological polar surface area (TPSA) is 58.1 Å². The third kappa shape index (κ3) is 4.31. The summed E-state index contributed by atoms with van der Waals surface area (Å²) >= 11 is 0. The minimum Gasteiger partial charge on any atom is -0.343 e. The van der Waals surface area contributed by atoms with Crippen molar-refractivity contribution >= 4 is 17.5 Å². The van der Waals surface area contributed by atoms with Crippen molar-refractivity contribution in [2.24, 2.45) is 5.92 Å². The summed E-state index contributed by atoms with van der Waals surface area (Å²) in [4.78, 5) is 22.7. The summed E-state index contributed by atoms with van der Waals surface area (Å²) in [6, 6.07) is 11.8. The Labute approximate surface area is 143 Å². The van der Waals surface area contributed by atoms with Gasteiger partial charge in [-0.25, -0.2) is 9.97 Å². The number of nitrogens with zero attached hydrogens (tertiary/aromatic N) is 3. The van der Waals surface area contributed by atoms with Gasteiger partial charge in [-0.15, -0.1) is 0 Å². The molecule has 1 aliphatic rings. The Morgan fingerprint density at radius 2 is 1.96 bits per heavy atom. The largest absolute Gasteiger partial charge is 0.343 e. The molecule has 5 nitrogen and oxygen atoms in total. The molecule has 0 unspecified atom stereocenters. The molecule has 0 spiro atoms. The van der Waals surface area contributed by atoms with Gasteiger partial charge >= 0.3 is 0 Å². The number of likely N-dealkylation sites (tertiary alicyclic amines) is 1. The van der Waals surface area contributed by atoms with Crippen LogP contribution in [-0.4, -0.2) is 33.9 Å². The molecule has 1 saturated heterocycles. The van der Waals surface area contributed by atoms with Gasteiger partial charge in [-0.3, -0.25) is 4.79 Å². The summed E-state index contributed by atoms with van der Waals surface area (Å²) in [5.74, 6) is 2.50. The van der Waals surface area contributed by atoms with Gasteiger partial charge in [0.05, 0.1) is 0 Å². The lowest BCUT2D eigenvalue weighted by Crippen LogP contribution is -2.38. The van der Waals surface area contributed by atoms with Crippen molar-refractivity contribution < 1.29 is 4.79 Å². The van der Waals surface area contributed by atoms with E-state index in [2.05, 4.69) is 16.4 Å². The van der Waals surface area contributed by atoms with Gasteiger partial charge in [0.15, 0.2) is 0 Å². The predicted octanol–water partition coefficient (Wildman–Crippen LogP) is 3.41. The molecule has 5 heteroatoms. The van der Waals surface area contributed by atoms with Gasteiger partial charge in [-0.1, -0.05) is 19.1 Å². The number of carbonyl (C=O) groups excluding carboxylic acids is 1. The number of hydrogen-bond acceptors (Lipinski definition) is 4. The third-order valence-electron chi connectivity index (χ3n) is 4.50. The fourth-order valence-electron chi connectivity index (χ4n) is 3.14. The number of amides is 1. The lowest BCUT2D eigenvalue weighted by atomic mass is 9.92. The zero-order valence-corrected chi connectivity index (χ0v) is 14.1. The second kappa shape index (κ2) is 7.90. The van der Waals surface area contributed by atoms with Crippen LogP contribution in [0.1, 0.15) is 31.9 Å². The quantitative estimate of drug-likeness (QED) is 0.915. The smallest absolute Gasteiger partial charge is 0.222 e. The molecule has 0 aliphatic carbocycles. The van der Waals surface area contributed by atoms with E-state index in [1.807, 2.05) is 42.2 Å². The molecule has 2 aromatic heterocycles. The van der Waals surface area contributed by atoms with E-state index >= 15 is 0 Å². The number of hydrogen-bond donors (Lipinski definition) is 1. The molecular formula is C19H24N4O. The van der Waals surface area contributed by atoms with Crippen molar-refractivity contribution in [2.45, 2.75) is 32.6 Å². The first kappa shape index (κ1) is 16.4. The second-order valence-electron chi connectivity index (χ2n) is 6.24. The van der Waals surface area contributed by atoms with Crippen LogP contribution < -0.4 is 5.32 Å². The first-order chi connectivity index (χ1) is 11.7. The molecule has 0 atom stereocenters. The maximum atomic E-state index is 11.7. The minimum atomic E-state index is 0.271. The summed E-state index contributed by atoms with van der Waals surface area (Å²) in [7, 11) is 0. The van der Waals surface area contributed by atoms with Crippen molar-refractivity contribution in [1.82, 2.24) is 14.9 Å². The van der Waals surface area contributed by atoms with Crippen molar-refractivity contribution in [3.05, 3.63) is 48.3 Å². The van der Waals surface area contributed by atoms with Crippen LogP contribution in [0, 0.1) is 5.92 Å². The van der Waals surface area contributed by atoms with Crippen LogP contribution in [0.15, 0.2) is 42.6 Å². The zero-order valence-electron chi connectivity index (χ0n) is 14.1. The molecule has 3 rings (SSSR count). The van der Waals surface area contributed by atoms with Gasteiger partial charge in [0.2, 0.25) is 5.91 Å². The molecule has 126 valence electrons. The van der Waals surface area contributed by atoms with Crippen molar-refractivity contribution in [3.63, 3.8) is 0 Å². The number of nitrogens with one attached hydrogen (secondary N) is 1. The molecule has 0 saturated carbocycles. The summed E-state index contributed by atoms with van der Waals surface area (Å²) in [6.45, 7) is 3.69. The van der Waals surface area contributed by atoms with Gasteiger partial charge in [0.1, 0.15) is 11.6 Å². The number of pyridine rings is 2. The average Bonchev–Trinajstić information content (AvgIpc) is 2.63. The molecule has 0 bridgehead atoms. The van der Waals surface area contributed by atoms with E-state index in [1.165, 1.54) is 0 Å². The van der Waals surface area contributed by atoms with Crippen molar-refractivity contribution in [3.8, 4) is 0 Å². The highest BCUT2D eigenvalue weighted by Crippen LogP contribution is 2.22. The molecule has 0 aromatic carbocycles. The Bertz CT molecular complexity index is 666. The molecule has 1 amide bonds. The van der Waals surface area contributed by atoms with Crippen LogP contribution >= 0.6 is 0 Å². The van der Waals surface area contributed by atoms with E-state index in [-0.39, 0.29) is 5.91 Å². The van der Waals surface area contributed by atoms with Crippen LogP contribution in [0.3, 0.4) is 0 Å². The number of aromatic nitrogens is 2. The summed E-state index contributed by atoms with van der Waals surface area (Å²) in [5.41, 5.74) is 1.09. The molecule has 1 aliphatic heterocycles. The van der Waals surface area contributed by atoms with Gasteiger partial charge in [0.25, 0.3) is 0 Å². The second-order valence-corrected chi connectivity index (χ2v) is 6.24. The van der Waals surface area contributed by atoms with Crippen molar-refractivity contribution in [1.29, 1.82) is 0 Å². The average molecular weight is 324 g/mol. The number of piperidine rings is 1. The minimum absolute atomic E-state index is 0.271. The van der Waals surface area contributed by atoms with E-state index in [0.29, 0.717) is 12.3 Å². The van der Waals surface area contributed by atoms with Gasteiger partial charge in [-0.05, 0) is 49.4 Å². The standard InChI is InChI=1S/C19H24N4O/c1-2-19(24)23-12-9-15(10-13-23)14-16-6-5-8-18(21-16)22-17-7-3-4-11-20-17/h3-8,11,15H,2,9-10,12-14H2,1H3,(H,20,21,22). The van der Waals surface area contributed by atoms with Gasteiger partial charge < -0.3 is 10.2 Å². The molecule has 1 fully saturated rings. The lowest BCUT2D eigenvalue weighted by molar-refractivity contribution is -0.132. The summed E-state index contributed by atoms with van der Waals surface area (Å²) < 4.78 is 0. The Morgan fingerprint density at radius 1 is 1.17 bits per heavy atom. The number of anilines is 2.